The van der Waals surface area contributed by atoms with Crippen LogP contribution in [-0.4, -0.2) is 17.3 Å². The lowest BCUT2D eigenvalue weighted by Crippen LogP contribution is -2.06. The Kier molecular flexibility index (Phi) is 3.58. The first-order valence-corrected chi connectivity index (χ1v) is 6.10. The molecule has 0 radical (unpaired) electrons. The van der Waals surface area contributed by atoms with E-state index in [1.54, 1.807) is 18.2 Å². The molecule has 0 unspecified atom stereocenters. The quantitative estimate of drug-likeness (QED) is 0.894. The second kappa shape index (κ2) is 4.88. The van der Waals surface area contributed by atoms with Gasteiger partial charge in [0.1, 0.15) is 11.4 Å². The number of hydrogen-bond acceptors (Lipinski definition) is 2. The molecule has 102 valence electrons. The number of benzene rings is 1. The van der Waals surface area contributed by atoms with Crippen molar-refractivity contribution in [3.8, 4) is 17.0 Å². The van der Waals surface area contributed by atoms with Crippen LogP contribution in [0.5, 0.6) is 5.75 Å². The average Bonchev–Trinajstić information content (AvgIpc) is 2.70. The smallest absolute Gasteiger partial charge is 0.433 e. The van der Waals surface area contributed by atoms with Crippen molar-refractivity contribution in [2.75, 3.05) is 7.11 Å². The minimum absolute atomic E-state index is 0.0930. The lowest BCUT2D eigenvalue weighted by molar-refractivity contribution is -0.141. The maximum Gasteiger partial charge on any atom is 0.433 e. The molecule has 1 aromatic heterocycles. The highest BCUT2D eigenvalue weighted by molar-refractivity contribution is 9.10. The summed E-state index contributed by atoms with van der Waals surface area (Å²) in [7, 11) is 1.54. The third-order valence-electron chi connectivity index (χ3n) is 2.66. The van der Waals surface area contributed by atoms with Crippen molar-refractivity contribution in [2.45, 2.75) is 13.1 Å². The van der Waals surface area contributed by atoms with Crippen LogP contribution in [-0.2, 0) is 6.18 Å². The van der Waals surface area contributed by atoms with Crippen molar-refractivity contribution in [1.29, 1.82) is 0 Å². The van der Waals surface area contributed by atoms with Gasteiger partial charge in [-0.2, -0.15) is 18.3 Å². The zero-order valence-corrected chi connectivity index (χ0v) is 11.7. The number of hydrogen-bond donors (Lipinski definition) is 1. The number of H-pyrrole nitrogens is 1. The van der Waals surface area contributed by atoms with Gasteiger partial charge in [0.15, 0.2) is 5.69 Å². The summed E-state index contributed by atoms with van der Waals surface area (Å²) in [6.45, 7) is 1.81. The molecule has 0 saturated heterocycles. The van der Waals surface area contributed by atoms with E-state index < -0.39 is 11.9 Å². The molecule has 0 bridgehead atoms. The van der Waals surface area contributed by atoms with Crippen LogP contribution in [0.4, 0.5) is 13.2 Å². The van der Waals surface area contributed by atoms with E-state index in [1.165, 1.54) is 7.11 Å². The summed E-state index contributed by atoms with van der Waals surface area (Å²) in [5, 5.41) is 5.72. The van der Waals surface area contributed by atoms with Crippen molar-refractivity contribution in [3.63, 3.8) is 0 Å². The Morgan fingerprint density at radius 2 is 2.00 bits per heavy atom. The highest BCUT2D eigenvalue weighted by atomic mass is 79.9. The van der Waals surface area contributed by atoms with Gasteiger partial charge in [-0.25, -0.2) is 0 Å². The summed E-state index contributed by atoms with van der Waals surface area (Å²) in [4.78, 5) is 0. The van der Waals surface area contributed by atoms with Gasteiger partial charge in [0.05, 0.1) is 11.6 Å². The summed E-state index contributed by atoms with van der Waals surface area (Å²) in [6.07, 6.45) is -4.47. The first-order chi connectivity index (χ1) is 8.84. The van der Waals surface area contributed by atoms with E-state index in [9.17, 15) is 13.2 Å². The van der Waals surface area contributed by atoms with Crippen molar-refractivity contribution in [1.82, 2.24) is 10.2 Å². The molecule has 1 heterocycles. The van der Waals surface area contributed by atoms with Gasteiger partial charge in [0.2, 0.25) is 0 Å². The van der Waals surface area contributed by atoms with Crippen LogP contribution < -0.4 is 4.74 Å². The molecule has 19 heavy (non-hydrogen) atoms. The topological polar surface area (TPSA) is 37.9 Å². The summed E-state index contributed by atoms with van der Waals surface area (Å²) >= 11 is 2.94. The molecule has 3 nitrogen and oxygen atoms in total. The molecule has 0 atom stereocenters. The second-order valence-electron chi connectivity index (χ2n) is 3.94. The van der Waals surface area contributed by atoms with E-state index in [0.29, 0.717) is 11.3 Å². The number of rotatable bonds is 2. The molecule has 0 fully saturated rings. The molecular formula is C12H10BrF3N2O. The molecule has 7 heteroatoms. The van der Waals surface area contributed by atoms with E-state index in [1.807, 2.05) is 12.0 Å². The molecule has 0 spiro atoms. The first kappa shape index (κ1) is 13.9. The molecule has 0 aliphatic rings. The van der Waals surface area contributed by atoms with Gasteiger partial charge in [-0.15, -0.1) is 0 Å². The van der Waals surface area contributed by atoms with Gasteiger partial charge in [0.25, 0.3) is 0 Å². The lowest BCUT2D eigenvalue weighted by Gasteiger charge is -2.06. The highest BCUT2D eigenvalue weighted by Gasteiger charge is 2.36. The molecule has 2 rings (SSSR count). The van der Waals surface area contributed by atoms with Crippen LogP contribution >= 0.6 is 15.9 Å². The number of aryl methyl sites for hydroxylation is 1. The molecular weight excluding hydrogens is 325 g/mol. The zero-order valence-electron chi connectivity index (χ0n) is 10.1. The Morgan fingerprint density at radius 1 is 1.32 bits per heavy atom. The Morgan fingerprint density at radius 3 is 2.47 bits per heavy atom. The molecule has 1 aromatic carbocycles. The van der Waals surface area contributed by atoms with Crippen molar-refractivity contribution < 1.29 is 17.9 Å². The average molecular weight is 335 g/mol. The van der Waals surface area contributed by atoms with Crippen molar-refractivity contribution >= 4 is 15.9 Å². The molecule has 0 aliphatic carbocycles. The largest absolute Gasteiger partial charge is 0.496 e. The third-order valence-corrected chi connectivity index (χ3v) is 3.43. The van der Waals surface area contributed by atoms with Crippen LogP contribution in [0, 0.1) is 6.92 Å². The number of ether oxygens (including phenoxy) is 1. The molecule has 1 N–H and O–H groups in total. The van der Waals surface area contributed by atoms with Crippen LogP contribution in [0.1, 0.15) is 11.3 Å². The number of methoxy groups -OCH3 is 1. The van der Waals surface area contributed by atoms with Crippen LogP contribution in [0.15, 0.2) is 22.7 Å². The first-order valence-electron chi connectivity index (χ1n) is 5.30. The maximum atomic E-state index is 12.7. The summed E-state index contributed by atoms with van der Waals surface area (Å²) in [5.41, 5.74) is 0.731. The fourth-order valence-electron chi connectivity index (χ4n) is 1.73. The summed E-state index contributed by atoms with van der Waals surface area (Å²) < 4.78 is 43.0. The molecule has 0 aliphatic heterocycles. The minimum Gasteiger partial charge on any atom is -0.496 e. The fraction of sp³-hybridized carbons (Fsp3) is 0.250. The van der Waals surface area contributed by atoms with E-state index in [0.717, 1.165) is 5.56 Å². The van der Waals surface area contributed by atoms with Gasteiger partial charge in [-0.3, -0.25) is 5.10 Å². The minimum atomic E-state index is -4.47. The lowest BCUT2D eigenvalue weighted by atomic mass is 10.1. The Labute approximate surface area is 115 Å². The van der Waals surface area contributed by atoms with Crippen molar-refractivity contribution in [2.24, 2.45) is 0 Å². The standard InChI is InChI=1S/C12H10BrF3N2O/c1-6-5-7(3-4-8(6)19-2)10-9(13)11(18-17-10)12(14,15)16/h3-5H,1-2H3,(H,17,18). The van der Waals surface area contributed by atoms with Gasteiger partial charge in [-0.1, -0.05) is 0 Å². The molecule has 2 aromatic rings. The summed E-state index contributed by atoms with van der Waals surface area (Å²) in [6, 6.07) is 5.08. The number of alkyl halides is 3. The Bertz CT molecular complexity index is 608. The Hall–Kier alpha value is -1.50. The van der Waals surface area contributed by atoms with E-state index >= 15 is 0 Å². The van der Waals surface area contributed by atoms with Gasteiger partial charge in [-0.05, 0) is 46.6 Å². The fourth-order valence-corrected chi connectivity index (χ4v) is 2.36. The number of halogens is 4. The summed E-state index contributed by atoms with van der Waals surface area (Å²) in [5.74, 6) is 0.673. The third kappa shape index (κ3) is 2.60. The number of aromatic nitrogens is 2. The molecule has 0 saturated carbocycles. The number of nitrogens with zero attached hydrogens (tertiary/aromatic N) is 1. The monoisotopic (exact) mass is 334 g/mol. The Balaban J connectivity index is 2.49. The zero-order chi connectivity index (χ0) is 14.2. The van der Waals surface area contributed by atoms with Crippen molar-refractivity contribution in [3.05, 3.63) is 33.9 Å². The van der Waals surface area contributed by atoms with E-state index in [4.69, 9.17) is 4.74 Å². The molecule has 0 amide bonds. The van der Waals surface area contributed by atoms with E-state index in [2.05, 4.69) is 21.0 Å². The van der Waals surface area contributed by atoms with E-state index in [-0.39, 0.29) is 10.2 Å². The SMILES string of the molecule is COc1ccc(-c2n[nH]c(C(F)(F)F)c2Br)cc1C. The predicted molar refractivity (Wildman–Crippen MR) is 68.0 cm³/mol. The van der Waals surface area contributed by atoms with Crippen LogP contribution in [0.25, 0.3) is 11.3 Å². The van der Waals surface area contributed by atoms with Gasteiger partial charge >= 0.3 is 6.18 Å². The van der Waals surface area contributed by atoms with Crippen LogP contribution in [0.3, 0.4) is 0 Å². The predicted octanol–water partition coefficient (Wildman–Crippen LogP) is 4.18. The van der Waals surface area contributed by atoms with Gasteiger partial charge in [0, 0.05) is 5.56 Å². The normalized spacial score (nSPS) is 11.7. The number of aromatic amines is 1. The second-order valence-corrected chi connectivity index (χ2v) is 4.74. The van der Waals surface area contributed by atoms with Crippen LogP contribution in [0.2, 0.25) is 0 Å². The maximum absolute atomic E-state index is 12.7. The number of nitrogens with one attached hydrogen (secondary N) is 1. The highest BCUT2D eigenvalue weighted by Crippen LogP contribution is 2.38. The van der Waals surface area contributed by atoms with Gasteiger partial charge < -0.3 is 4.74 Å².